The summed E-state index contributed by atoms with van der Waals surface area (Å²) < 4.78 is 11.5. The van der Waals surface area contributed by atoms with Gasteiger partial charge in [-0.3, -0.25) is 0 Å². The fraction of sp³-hybridized carbons (Fsp3) is 0.188. The van der Waals surface area contributed by atoms with Crippen LogP contribution < -0.4 is 15.2 Å². The van der Waals surface area contributed by atoms with Crippen molar-refractivity contribution in [3.05, 3.63) is 58.1 Å². The van der Waals surface area contributed by atoms with E-state index in [2.05, 4.69) is 0 Å². The highest BCUT2D eigenvalue weighted by Crippen LogP contribution is 2.33. The monoisotopic (exact) mass is 319 g/mol. The molecule has 0 amide bonds. The molecule has 1 aliphatic rings. The number of halogens is 1. The van der Waals surface area contributed by atoms with Crippen LogP contribution in [0.2, 0.25) is 5.02 Å². The Morgan fingerprint density at radius 1 is 1.33 bits per heavy atom. The van der Waals surface area contributed by atoms with Crippen LogP contribution >= 0.6 is 23.8 Å². The quantitative estimate of drug-likeness (QED) is 0.876. The summed E-state index contributed by atoms with van der Waals surface area (Å²) in [5.74, 6) is 1.61. The van der Waals surface area contributed by atoms with Gasteiger partial charge < -0.3 is 15.2 Å². The summed E-state index contributed by atoms with van der Waals surface area (Å²) in [6.45, 7) is 1.09. The van der Waals surface area contributed by atoms with Crippen molar-refractivity contribution in [2.45, 2.75) is 13.0 Å². The smallest absolute Gasteiger partial charge is 0.129 e. The summed E-state index contributed by atoms with van der Waals surface area (Å²) >= 11 is 11.1. The largest absolute Gasteiger partial charge is 0.493 e. The Morgan fingerprint density at radius 3 is 3.00 bits per heavy atom. The molecule has 3 rings (SSSR count). The van der Waals surface area contributed by atoms with Gasteiger partial charge in [-0.05, 0) is 29.8 Å². The van der Waals surface area contributed by atoms with Crippen molar-refractivity contribution in [1.82, 2.24) is 0 Å². The second kappa shape index (κ2) is 5.92. The molecular weight excluding hydrogens is 306 g/mol. The third-order valence-electron chi connectivity index (χ3n) is 3.34. The number of hydrogen-bond acceptors (Lipinski definition) is 3. The highest BCUT2D eigenvalue weighted by atomic mass is 35.5. The number of fused-ring (bicyclic) bond motifs is 1. The van der Waals surface area contributed by atoms with E-state index in [1.165, 1.54) is 0 Å². The molecule has 2 N–H and O–H groups in total. The molecule has 1 heterocycles. The van der Waals surface area contributed by atoms with Gasteiger partial charge in [0.15, 0.2) is 0 Å². The van der Waals surface area contributed by atoms with Crippen LogP contribution in [0.4, 0.5) is 0 Å². The average molecular weight is 320 g/mol. The van der Waals surface area contributed by atoms with Gasteiger partial charge in [-0.15, -0.1) is 0 Å². The summed E-state index contributed by atoms with van der Waals surface area (Å²) in [6, 6.07) is 11.2. The maximum Gasteiger partial charge on any atom is 0.129 e. The normalized spacial score (nSPS) is 12.6. The van der Waals surface area contributed by atoms with E-state index >= 15 is 0 Å². The molecule has 0 saturated carbocycles. The van der Waals surface area contributed by atoms with Crippen molar-refractivity contribution in [1.29, 1.82) is 0 Å². The van der Waals surface area contributed by atoms with E-state index in [9.17, 15) is 0 Å². The lowest BCUT2D eigenvalue weighted by molar-refractivity contribution is 0.292. The lowest BCUT2D eigenvalue weighted by atomic mass is 10.1. The molecule has 1 aliphatic heterocycles. The van der Waals surface area contributed by atoms with Crippen LogP contribution in [-0.2, 0) is 13.0 Å². The second-order valence-electron chi connectivity index (χ2n) is 4.83. The minimum Gasteiger partial charge on any atom is -0.493 e. The van der Waals surface area contributed by atoms with Gasteiger partial charge in [0.2, 0.25) is 0 Å². The zero-order valence-electron chi connectivity index (χ0n) is 11.3. The van der Waals surface area contributed by atoms with Gasteiger partial charge in [0.05, 0.1) is 6.61 Å². The van der Waals surface area contributed by atoms with Gasteiger partial charge in [0.25, 0.3) is 0 Å². The Bertz CT molecular complexity index is 703. The summed E-state index contributed by atoms with van der Waals surface area (Å²) in [4.78, 5) is 0.354. The first-order valence-corrected chi connectivity index (χ1v) is 7.39. The lowest BCUT2D eigenvalue weighted by Crippen LogP contribution is -2.09. The Kier molecular flexibility index (Phi) is 3.99. The van der Waals surface area contributed by atoms with Crippen LogP contribution in [0.15, 0.2) is 36.4 Å². The fourth-order valence-corrected chi connectivity index (χ4v) is 2.74. The van der Waals surface area contributed by atoms with E-state index in [0.29, 0.717) is 29.0 Å². The van der Waals surface area contributed by atoms with E-state index in [1.54, 1.807) is 0 Å². The standard InChI is InChI=1S/C16H14ClNO2S/c17-13-6-10-4-5-19-15(10)12(7-13)9-20-14-3-1-2-11(8-14)16(18)21/h1-3,6-8H,4-5,9H2,(H2,18,21). The van der Waals surface area contributed by atoms with Crippen molar-refractivity contribution in [2.75, 3.05) is 6.61 Å². The predicted octanol–water partition coefficient (Wildman–Crippen LogP) is 3.49. The lowest BCUT2D eigenvalue weighted by Gasteiger charge is -2.11. The molecule has 21 heavy (non-hydrogen) atoms. The van der Waals surface area contributed by atoms with Gasteiger partial charge in [-0.25, -0.2) is 0 Å². The van der Waals surface area contributed by atoms with Crippen molar-refractivity contribution in [2.24, 2.45) is 5.73 Å². The highest BCUT2D eigenvalue weighted by molar-refractivity contribution is 7.80. The van der Waals surface area contributed by atoms with Crippen LogP contribution in [0.25, 0.3) is 0 Å². The number of nitrogens with two attached hydrogens (primary N) is 1. The van der Waals surface area contributed by atoms with Crippen molar-refractivity contribution in [3.63, 3.8) is 0 Å². The van der Waals surface area contributed by atoms with E-state index in [4.69, 9.17) is 39.0 Å². The Balaban J connectivity index is 1.79. The SMILES string of the molecule is NC(=S)c1cccc(OCc2cc(Cl)cc3c2OCC3)c1. The number of hydrogen-bond donors (Lipinski definition) is 1. The number of benzene rings is 2. The third kappa shape index (κ3) is 3.12. The number of rotatable bonds is 4. The molecule has 108 valence electrons. The second-order valence-corrected chi connectivity index (χ2v) is 5.71. The van der Waals surface area contributed by atoms with Gasteiger partial charge >= 0.3 is 0 Å². The van der Waals surface area contributed by atoms with Crippen molar-refractivity contribution in [3.8, 4) is 11.5 Å². The first kappa shape index (κ1) is 14.2. The number of thiocarbonyl (C=S) groups is 1. The van der Waals surface area contributed by atoms with E-state index in [0.717, 1.165) is 28.9 Å². The van der Waals surface area contributed by atoms with Crippen molar-refractivity contribution < 1.29 is 9.47 Å². The van der Waals surface area contributed by atoms with E-state index in [-0.39, 0.29) is 0 Å². The van der Waals surface area contributed by atoms with E-state index < -0.39 is 0 Å². The molecule has 0 radical (unpaired) electrons. The minimum absolute atomic E-state index is 0.354. The molecular formula is C16H14ClNO2S. The van der Waals surface area contributed by atoms with Gasteiger partial charge in [0, 0.05) is 22.6 Å². The molecule has 0 fully saturated rings. The minimum atomic E-state index is 0.354. The topological polar surface area (TPSA) is 44.5 Å². The van der Waals surface area contributed by atoms with Gasteiger partial charge in [0.1, 0.15) is 23.1 Å². The molecule has 0 spiro atoms. The fourth-order valence-electron chi connectivity index (χ4n) is 2.35. The maximum absolute atomic E-state index is 6.13. The Hall–Kier alpha value is -1.78. The molecule has 2 aromatic carbocycles. The summed E-state index contributed by atoms with van der Waals surface area (Å²) in [5, 5.41) is 0.703. The molecule has 0 aliphatic carbocycles. The van der Waals surface area contributed by atoms with Crippen LogP contribution in [0.1, 0.15) is 16.7 Å². The third-order valence-corrected chi connectivity index (χ3v) is 3.79. The molecule has 0 bridgehead atoms. The molecule has 0 aromatic heterocycles. The van der Waals surface area contributed by atoms with Crippen LogP contribution in [0.5, 0.6) is 11.5 Å². The first-order chi connectivity index (χ1) is 10.1. The first-order valence-electron chi connectivity index (χ1n) is 6.60. The summed E-state index contributed by atoms with van der Waals surface area (Å²) in [5.41, 5.74) is 8.50. The molecule has 0 atom stereocenters. The highest BCUT2D eigenvalue weighted by Gasteiger charge is 2.17. The van der Waals surface area contributed by atoms with Gasteiger partial charge in [-0.2, -0.15) is 0 Å². The molecule has 5 heteroatoms. The summed E-state index contributed by atoms with van der Waals surface area (Å²) in [7, 11) is 0. The number of ether oxygens (including phenoxy) is 2. The van der Waals surface area contributed by atoms with Crippen LogP contribution in [0.3, 0.4) is 0 Å². The van der Waals surface area contributed by atoms with Gasteiger partial charge in [-0.1, -0.05) is 36.0 Å². The predicted molar refractivity (Wildman–Crippen MR) is 87.3 cm³/mol. The van der Waals surface area contributed by atoms with Crippen LogP contribution in [-0.4, -0.2) is 11.6 Å². The summed E-state index contributed by atoms with van der Waals surface area (Å²) in [6.07, 6.45) is 0.889. The molecule has 3 nitrogen and oxygen atoms in total. The zero-order valence-corrected chi connectivity index (χ0v) is 12.8. The van der Waals surface area contributed by atoms with Crippen molar-refractivity contribution >= 4 is 28.8 Å². The Labute approximate surface area is 133 Å². The molecule has 0 unspecified atom stereocenters. The molecule has 2 aromatic rings. The van der Waals surface area contributed by atoms with E-state index in [1.807, 2.05) is 36.4 Å². The maximum atomic E-state index is 6.13. The van der Waals surface area contributed by atoms with Crippen LogP contribution in [0, 0.1) is 0 Å². The average Bonchev–Trinajstić information content (AvgIpc) is 2.93. The Morgan fingerprint density at radius 2 is 2.19 bits per heavy atom. The molecule has 0 saturated heterocycles. The zero-order chi connectivity index (χ0) is 14.8.